The summed E-state index contributed by atoms with van der Waals surface area (Å²) in [5, 5.41) is 0. The van der Waals surface area contributed by atoms with Crippen LogP contribution in [0.25, 0.3) is 0 Å². The van der Waals surface area contributed by atoms with Crippen LogP contribution in [0, 0.1) is 3.57 Å². The Labute approximate surface area is 144 Å². The molecular formula is C13H15IN2O7. The van der Waals surface area contributed by atoms with E-state index in [1.165, 1.54) is 20.0 Å². The van der Waals surface area contributed by atoms with Gasteiger partial charge in [-0.05, 0) is 22.6 Å². The zero-order chi connectivity index (χ0) is 17.1. The number of hydrogen-bond acceptors (Lipinski definition) is 7. The average Bonchev–Trinajstić information content (AvgIpc) is 2.82. The molecule has 0 unspecified atom stereocenters. The fraction of sp³-hybridized carbons (Fsp3) is 0.538. The molecule has 1 N–H and O–H groups in total. The molecule has 0 aliphatic carbocycles. The van der Waals surface area contributed by atoms with Crippen molar-refractivity contribution in [1.82, 2.24) is 9.55 Å². The van der Waals surface area contributed by atoms with E-state index in [1.54, 1.807) is 22.6 Å². The number of esters is 2. The molecule has 0 radical (unpaired) electrons. The lowest BCUT2D eigenvalue weighted by Crippen LogP contribution is -2.37. The van der Waals surface area contributed by atoms with Crippen molar-refractivity contribution in [3.63, 3.8) is 0 Å². The Morgan fingerprint density at radius 2 is 2.09 bits per heavy atom. The van der Waals surface area contributed by atoms with Gasteiger partial charge in [-0.1, -0.05) is 0 Å². The van der Waals surface area contributed by atoms with E-state index < -0.39 is 41.6 Å². The molecule has 2 rings (SSSR count). The maximum absolute atomic E-state index is 12.0. The average molecular weight is 438 g/mol. The number of hydrogen-bond donors (Lipinski definition) is 1. The van der Waals surface area contributed by atoms with Gasteiger partial charge < -0.3 is 14.2 Å². The van der Waals surface area contributed by atoms with Crippen LogP contribution >= 0.6 is 22.6 Å². The quantitative estimate of drug-likeness (QED) is 0.517. The molecule has 0 bridgehead atoms. The second-order valence-corrected chi connectivity index (χ2v) is 6.14. The number of nitrogens with one attached hydrogen (secondary N) is 1. The summed E-state index contributed by atoms with van der Waals surface area (Å²) >= 11 is 1.78. The summed E-state index contributed by atoms with van der Waals surface area (Å²) in [5.74, 6) is -0.985. The van der Waals surface area contributed by atoms with Gasteiger partial charge in [-0.3, -0.25) is 23.9 Å². The van der Waals surface area contributed by atoms with Crippen LogP contribution in [0.1, 0.15) is 26.5 Å². The third-order valence-corrected chi connectivity index (χ3v) is 3.90. The fourth-order valence-corrected chi connectivity index (χ4v) is 2.68. The van der Waals surface area contributed by atoms with Crippen LogP contribution in [0.15, 0.2) is 15.8 Å². The number of nitrogens with zero attached hydrogens (tertiary/aromatic N) is 1. The number of halogens is 1. The first-order valence-corrected chi connectivity index (χ1v) is 7.83. The van der Waals surface area contributed by atoms with Gasteiger partial charge in [0, 0.05) is 26.5 Å². The second kappa shape index (κ2) is 7.25. The molecule has 0 amide bonds. The summed E-state index contributed by atoms with van der Waals surface area (Å²) in [7, 11) is 0. The molecule has 0 aromatic carbocycles. The molecule has 1 fully saturated rings. The number of carbonyl (C=O) groups excluding carboxylic acids is 2. The smallest absolute Gasteiger partial charge is 0.330 e. The summed E-state index contributed by atoms with van der Waals surface area (Å²) in [6.45, 7) is 2.50. The zero-order valence-electron chi connectivity index (χ0n) is 12.4. The maximum atomic E-state index is 12.0. The standard InChI is InChI=1S/C13H15IN2O7/c1-6(17)21-5-8-3-10(22-7(2)18)12(23-8)16-4-9(14)11(19)15-13(16)20/h4,8,10,12H,3,5H2,1-2H3,(H,15,19,20)/t8-,10-,12-/m1/s1. The van der Waals surface area contributed by atoms with Gasteiger partial charge in [-0.2, -0.15) is 0 Å². The molecule has 126 valence electrons. The minimum atomic E-state index is -0.905. The Kier molecular flexibility index (Phi) is 5.57. The monoisotopic (exact) mass is 438 g/mol. The van der Waals surface area contributed by atoms with Gasteiger partial charge >= 0.3 is 17.6 Å². The second-order valence-electron chi connectivity index (χ2n) is 4.98. The van der Waals surface area contributed by atoms with E-state index in [-0.39, 0.29) is 16.6 Å². The Morgan fingerprint density at radius 3 is 2.70 bits per heavy atom. The SMILES string of the molecule is CC(=O)OC[C@H]1C[C@@H](OC(C)=O)[C@H](n2cc(I)c(=O)[nH]c2=O)O1. The van der Waals surface area contributed by atoms with E-state index in [1.807, 2.05) is 0 Å². The number of aromatic amines is 1. The van der Waals surface area contributed by atoms with Crippen molar-refractivity contribution >= 4 is 34.5 Å². The lowest BCUT2D eigenvalue weighted by atomic mass is 10.2. The highest BCUT2D eigenvalue weighted by Crippen LogP contribution is 2.30. The minimum Gasteiger partial charge on any atom is -0.463 e. The first kappa shape index (κ1) is 17.7. The third-order valence-electron chi connectivity index (χ3n) is 3.13. The van der Waals surface area contributed by atoms with Crippen LogP contribution in [0.5, 0.6) is 0 Å². The molecule has 9 nitrogen and oxygen atoms in total. The van der Waals surface area contributed by atoms with Crippen LogP contribution in [-0.2, 0) is 23.8 Å². The molecule has 1 aromatic heterocycles. The van der Waals surface area contributed by atoms with E-state index in [9.17, 15) is 19.2 Å². The van der Waals surface area contributed by atoms with Crippen LogP contribution in [-0.4, -0.2) is 40.3 Å². The van der Waals surface area contributed by atoms with Gasteiger partial charge in [-0.25, -0.2) is 4.79 Å². The van der Waals surface area contributed by atoms with E-state index in [0.717, 1.165) is 4.57 Å². The molecule has 1 aliphatic heterocycles. The molecule has 0 spiro atoms. The highest BCUT2D eigenvalue weighted by atomic mass is 127. The molecule has 1 aromatic rings. The van der Waals surface area contributed by atoms with Crippen LogP contribution in [0.2, 0.25) is 0 Å². The van der Waals surface area contributed by atoms with Crippen molar-refractivity contribution in [3.8, 4) is 0 Å². The van der Waals surface area contributed by atoms with Crippen molar-refractivity contribution in [3.05, 3.63) is 30.6 Å². The van der Waals surface area contributed by atoms with Gasteiger partial charge in [0.05, 0.1) is 9.67 Å². The highest BCUT2D eigenvalue weighted by Gasteiger charge is 2.40. The van der Waals surface area contributed by atoms with Crippen molar-refractivity contribution < 1.29 is 23.8 Å². The lowest BCUT2D eigenvalue weighted by Gasteiger charge is -2.20. The highest BCUT2D eigenvalue weighted by molar-refractivity contribution is 14.1. The van der Waals surface area contributed by atoms with Crippen molar-refractivity contribution in [2.45, 2.75) is 38.7 Å². The summed E-state index contributed by atoms with van der Waals surface area (Å²) in [6, 6.07) is 0. The Hall–Kier alpha value is -1.69. The van der Waals surface area contributed by atoms with E-state index in [0.29, 0.717) is 0 Å². The predicted molar refractivity (Wildman–Crippen MR) is 84.8 cm³/mol. The predicted octanol–water partition coefficient (Wildman–Crippen LogP) is -0.0765. The zero-order valence-corrected chi connectivity index (χ0v) is 14.6. The summed E-state index contributed by atoms with van der Waals surface area (Å²) in [4.78, 5) is 47.7. The first-order valence-electron chi connectivity index (χ1n) is 6.75. The molecule has 1 saturated heterocycles. The van der Waals surface area contributed by atoms with Crippen molar-refractivity contribution in [1.29, 1.82) is 0 Å². The normalized spacial score (nSPS) is 23.5. The first-order chi connectivity index (χ1) is 10.8. The molecule has 10 heteroatoms. The molecule has 2 heterocycles. The topological polar surface area (TPSA) is 117 Å². The summed E-state index contributed by atoms with van der Waals surface area (Å²) in [5.41, 5.74) is -1.18. The van der Waals surface area contributed by atoms with Crippen LogP contribution in [0.4, 0.5) is 0 Å². The molecule has 0 saturated carbocycles. The van der Waals surface area contributed by atoms with Crippen molar-refractivity contribution in [2.75, 3.05) is 6.61 Å². The van der Waals surface area contributed by atoms with Crippen molar-refractivity contribution in [2.24, 2.45) is 0 Å². The van der Waals surface area contributed by atoms with Gasteiger partial charge in [0.25, 0.3) is 5.56 Å². The van der Waals surface area contributed by atoms with E-state index >= 15 is 0 Å². The lowest BCUT2D eigenvalue weighted by molar-refractivity contribution is -0.153. The van der Waals surface area contributed by atoms with Gasteiger partial charge in [0.1, 0.15) is 12.7 Å². The molecular weight excluding hydrogens is 423 g/mol. The van der Waals surface area contributed by atoms with Gasteiger partial charge in [0.2, 0.25) is 0 Å². The number of ether oxygens (including phenoxy) is 3. The molecule has 3 atom stereocenters. The Balaban J connectivity index is 2.27. The van der Waals surface area contributed by atoms with E-state index in [4.69, 9.17) is 14.2 Å². The summed E-state index contributed by atoms with van der Waals surface area (Å²) < 4.78 is 17.2. The number of H-pyrrole nitrogens is 1. The number of rotatable bonds is 4. The summed E-state index contributed by atoms with van der Waals surface area (Å²) in [6.07, 6.45) is -0.564. The Morgan fingerprint density at radius 1 is 1.39 bits per heavy atom. The largest absolute Gasteiger partial charge is 0.463 e. The Bertz CT molecular complexity index is 726. The van der Waals surface area contributed by atoms with Gasteiger partial charge in [-0.15, -0.1) is 0 Å². The number of aromatic nitrogens is 2. The molecule has 1 aliphatic rings. The fourth-order valence-electron chi connectivity index (χ4n) is 2.25. The minimum absolute atomic E-state index is 0.0151. The van der Waals surface area contributed by atoms with E-state index in [2.05, 4.69) is 4.98 Å². The molecule has 23 heavy (non-hydrogen) atoms. The van der Waals surface area contributed by atoms with Crippen LogP contribution in [0.3, 0.4) is 0 Å². The van der Waals surface area contributed by atoms with Gasteiger partial charge in [0.15, 0.2) is 6.23 Å². The van der Waals surface area contributed by atoms with Crippen LogP contribution < -0.4 is 11.2 Å². The number of carbonyl (C=O) groups is 2. The maximum Gasteiger partial charge on any atom is 0.330 e. The third kappa shape index (κ3) is 4.41.